The summed E-state index contributed by atoms with van der Waals surface area (Å²) in [5, 5.41) is 9.52. The lowest BCUT2D eigenvalue weighted by Gasteiger charge is -2.34. The summed E-state index contributed by atoms with van der Waals surface area (Å²) in [6.07, 6.45) is 3.44. The number of halogens is 2. The summed E-state index contributed by atoms with van der Waals surface area (Å²) in [5.41, 5.74) is 5.33. The van der Waals surface area contributed by atoms with Crippen molar-refractivity contribution in [2.75, 3.05) is 16.0 Å². The molecule has 0 amide bonds. The third kappa shape index (κ3) is 7.74. The van der Waals surface area contributed by atoms with Crippen LogP contribution in [-0.4, -0.2) is 12.3 Å². The van der Waals surface area contributed by atoms with Crippen molar-refractivity contribution < 1.29 is 17.0 Å². The predicted octanol–water partition coefficient (Wildman–Crippen LogP) is 8.70. The zero-order valence-electron chi connectivity index (χ0n) is 30.8. The first-order valence-electron chi connectivity index (χ1n) is 18.9. The van der Waals surface area contributed by atoms with Crippen LogP contribution in [0.5, 0.6) is 0 Å². The molecule has 1 heterocycles. The molecule has 8 aromatic rings. The monoisotopic (exact) mass is 862 g/mol. The summed E-state index contributed by atoms with van der Waals surface area (Å²) in [4.78, 5) is 5.38. The van der Waals surface area contributed by atoms with Gasteiger partial charge in [-0.15, -0.1) is 17.0 Å². The molecule has 1 aliphatic heterocycles. The minimum absolute atomic E-state index is 0. The first-order valence-corrected chi connectivity index (χ1v) is 20.9. The van der Waals surface area contributed by atoms with E-state index in [1.165, 1.54) is 60.0 Å². The minimum Gasteiger partial charge on any atom is -1.00 e. The molecule has 2 nitrogen and oxygen atoms in total. The second-order valence-corrected chi connectivity index (χ2v) is 17.9. The Hall–Kier alpha value is -4.73. The van der Waals surface area contributed by atoms with Crippen molar-refractivity contribution >= 4 is 73.1 Å². The maximum absolute atomic E-state index is 2.69. The lowest BCUT2D eigenvalue weighted by Crippen LogP contribution is -3.00. The zero-order valence-corrected chi connectivity index (χ0v) is 35.0. The molecule has 0 saturated carbocycles. The normalized spacial score (nSPS) is 12.7. The van der Waals surface area contributed by atoms with Crippen LogP contribution < -0.4 is 42.7 Å². The van der Waals surface area contributed by atoms with Gasteiger partial charge in [-0.2, -0.15) is 0 Å². The van der Waals surface area contributed by atoms with Crippen molar-refractivity contribution in [3.8, 4) is 0 Å². The van der Waals surface area contributed by atoms with Crippen LogP contribution in [0, 0.1) is 0 Å². The van der Waals surface area contributed by atoms with Gasteiger partial charge in [0.1, 0.15) is 29.3 Å². The number of benzene rings is 8. The van der Waals surface area contributed by atoms with Gasteiger partial charge in [-0.25, -0.2) is 0 Å². The minimum atomic E-state index is -1.95. The van der Waals surface area contributed by atoms with Gasteiger partial charge >= 0.3 is 0 Å². The molecule has 0 aromatic heterocycles. The van der Waals surface area contributed by atoms with E-state index in [-0.39, 0.29) is 40.1 Å². The summed E-state index contributed by atoms with van der Waals surface area (Å²) in [6, 6.07) is 74.5. The smallest absolute Gasteiger partial charge is 0.112 e. The van der Waals surface area contributed by atoms with Gasteiger partial charge in [0.15, 0.2) is 0 Å². The van der Waals surface area contributed by atoms with Crippen molar-refractivity contribution in [3.63, 3.8) is 0 Å². The van der Waals surface area contributed by atoms with Crippen LogP contribution in [0.25, 0.3) is 21.5 Å². The molecule has 0 saturated heterocycles. The Morgan fingerprint density at radius 2 is 0.764 bits per heavy atom. The van der Waals surface area contributed by atoms with Crippen molar-refractivity contribution in [3.05, 3.63) is 211 Å². The molecule has 0 aliphatic carbocycles. The van der Waals surface area contributed by atoms with Crippen LogP contribution in [-0.2, 0) is 13.1 Å². The number of rotatable bonds is 11. The van der Waals surface area contributed by atoms with Gasteiger partial charge in [0, 0.05) is 13.1 Å². The lowest BCUT2D eigenvalue weighted by atomic mass is 10.1. The Kier molecular flexibility index (Phi) is 12.2. The van der Waals surface area contributed by atoms with Gasteiger partial charge in [0.05, 0.1) is 17.5 Å². The van der Waals surface area contributed by atoms with E-state index < -0.39 is 7.26 Å². The van der Waals surface area contributed by atoms with Gasteiger partial charge in [-0.1, -0.05) is 140 Å². The van der Waals surface area contributed by atoms with E-state index in [0.29, 0.717) is 0 Å². The summed E-state index contributed by atoms with van der Waals surface area (Å²) in [5.74, 6) is 0. The summed E-state index contributed by atoms with van der Waals surface area (Å²) in [7, 11) is -1.95. The van der Waals surface area contributed by atoms with Crippen LogP contribution in [0.1, 0.15) is 24.0 Å². The third-order valence-corrected chi connectivity index (χ3v) is 15.6. The number of nitrogens with zero attached hydrogens (tertiary/aromatic N) is 2. The Balaban J connectivity index is 0.00000233. The molecule has 0 atom stereocenters. The van der Waals surface area contributed by atoms with Crippen LogP contribution >= 0.6 is 24.2 Å². The molecule has 0 radical (unpaired) electrons. The molecule has 0 bridgehead atoms. The number of para-hydroxylation sites is 2. The molecular weight excluding hydrogens is 819 g/mol. The maximum Gasteiger partial charge on any atom is 0.112 e. The largest absolute Gasteiger partial charge is 1.00 e. The lowest BCUT2D eigenvalue weighted by molar-refractivity contribution is -0.0000102. The van der Waals surface area contributed by atoms with Crippen LogP contribution in [0.15, 0.2) is 200 Å². The number of hydrogen-bond donors (Lipinski definition) is 0. The summed E-state index contributed by atoms with van der Waals surface area (Å²) >= 11 is 0. The molecule has 0 fully saturated rings. The van der Waals surface area contributed by atoms with Crippen molar-refractivity contribution in [2.45, 2.75) is 32.1 Å². The molecular formula is C50H45Br2N2P. The number of fused-ring (bicyclic) bond motifs is 3. The fourth-order valence-corrected chi connectivity index (χ4v) is 13.0. The molecule has 9 rings (SSSR count). The van der Waals surface area contributed by atoms with Gasteiger partial charge in [0.25, 0.3) is 0 Å². The second kappa shape index (κ2) is 17.4. The van der Waals surface area contributed by atoms with Crippen molar-refractivity contribution in [1.29, 1.82) is 0 Å². The standard InChI is InChI=1S/C50H44N2P.2BrH/c1-4-21-45(22-5-1)53(46-23-6-2-7-24-46,47-25-8-3-9-26-47)34-16-29-50-51(37-39-30-32-41-17-10-12-19-43(41)35-39)48-27-14-15-28-49(48)52(50)38-40-31-33-42-18-11-13-20-44(42)36-40;;/h1-15,17-28,30-33,35-36,50H,16,29,34,37-38H2;2*1H/q+1;;/p-1. The van der Waals surface area contributed by atoms with Crippen LogP contribution in [0.2, 0.25) is 0 Å². The van der Waals surface area contributed by atoms with E-state index in [1.54, 1.807) is 0 Å². The van der Waals surface area contributed by atoms with Crippen molar-refractivity contribution in [2.24, 2.45) is 0 Å². The van der Waals surface area contributed by atoms with Crippen LogP contribution in [0.3, 0.4) is 0 Å². The molecule has 8 aromatic carbocycles. The molecule has 274 valence electrons. The van der Waals surface area contributed by atoms with E-state index >= 15 is 0 Å². The van der Waals surface area contributed by atoms with Crippen LogP contribution in [0.4, 0.5) is 11.4 Å². The summed E-state index contributed by atoms with van der Waals surface area (Å²) < 4.78 is 0. The quantitative estimate of drug-likeness (QED) is 0.120. The fourth-order valence-electron chi connectivity index (χ4n) is 8.59. The molecule has 0 unspecified atom stereocenters. The topological polar surface area (TPSA) is 6.48 Å². The Morgan fingerprint density at radius 1 is 0.400 bits per heavy atom. The average molecular weight is 865 g/mol. The van der Waals surface area contributed by atoms with E-state index in [4.69, 9.17) is 0 Å². The molecule has 55 heavy (non-hydrogen) atoms. The highest BCUT2D eigenvalue weighted by Gasteiger charge is 2.45. The zero-order chi connectivity index (χ0) is 35.5. The Morgan fingerprint density at radius 3 is 1.18 bits per heavy atom. The third-order valence-electron chi connectivity index (χ3n) is 11.1. The van der Waals surface area contributed by atoms with E-state index in [1.807, 2.05) is 0 Å². The molecule has 0 spiro atoms. The second-order valence-electron chi connectivity index (χ2n) is 14.3. The highest BCUT2D eigenvalue weighted by Crippen LogP contribution is 2.56. The van der Waals surface area contributed by atoms with Crippen molar-refractivity contribution in [1.82, 2.24) is 0 Å². The predicted molar refractivity (Wildman–Crippen MR) is 240 cm³/mol. The molecule has 5 heteroatoms. The Bertz CT molecular complexity index is 2270. The first kappa shape index (κ1) is 38.5. The van der Waals surface area contributed by atoms with Gasteiger partial charge in [-0.3, -0.25) is 0 Å². The van der Waals surface area contributed by atoms with E-state index in [9.17, 15) is 0 Å². The average Bonchev–Trinajstić information content (AvgIpc) is 3.51. The Labute approximate surface area is 347 Å². The van der Waals surface area contributed by atoms with Gasteiger partial charge in [0.2, 0.25) is 0 Å². The highest BCUT2D eigenvalue weighted by atomic mass is 79.9. The first-order chi connectivity index (χ1) is 26.3. The molecule has 1 aliphatic rings. The fraction of sp³-hybridized carbons (Fsp3) is 0.120. The summed E-state index contributed by atoms with van der Waals surface area (Å²) in [6.45, 7) is 1.72. The highest BCUT2D eigenvalue weighted by molar-refractivity contribution is 8.93. The van der Waals surface area contributed by atoms with Gasteiger partial charge in [-0.05, 0) is 106 Å². The maximum atomic E-state index is 2.69. The van der Waals surface area contributed by atoms with E-state index in [2.05, 4.69) is 210 Å². The number of hydrogen-bond acceptors (Lipinski definition) is 2. The SMILES string of the molecule is Br.[Br-].c1ccc([P+](CCCC2N(Cc3ccc4ccccc4c3)c3ccccc3N2Cc2ccc3ccccc3c2)(c2ccccc2)c2ccccc2)cc1. The number of anilines is 2. The van der Waals surface area contributed by atoms with E-state index in [0.717, 1.165) is 32.1 Å². The van der Waals surface area contributed by atoms with Gasteiger partial charge < -0.3 is 26.8 Å². The molecule has 0 N–H and O–H groups in total.